The van der Waals surface area contributed by atoms with Gasteiger partial charge in [0.25, 0.3) is 23.4 Å². The van der Waals surface area contributed by atoms with E-state index in [1.165, 1.54) is 40.5 Å². The Hall–Kier alpha value is -4.23. The fourth-order valence-electron chi connectivity index (χ4n) is 4.21. The number of thiazole rings is 1. The molecule has 5 rings (SSSR count). The Morgan fingerprint density at radius 2 is 2.02 bits per heavy atom. The van der Waals surface area contributed by atoms with Gasteiger partial charge in [0.1, 0.15) is 34.9 Å². The molecule has 0 spiro atoms. The molecule has 5 N–H and O–H groups in total. The van der Waals surface area contributed by atoms with Crippen molar-refractivity contribution in [1.29, 1.82) is 0 Å². The van der Waals surface area contributed by atoms with Crippen molar-refractivity contribution in [3.63, 3.8) is 0 Å². The summed E-state index contributed by atoms with van der Waals surface area (Å²) in [4.78, 5) is 68.2. The average Bonchev–Trinajstić information content (AvgIpc) is 3.58. The molecule has 2 aliphatic heterocycles. The van der Waals surface area contributed by atoms with Gasteiger partial charge in [-0.15, -0.1) is 40.0 Å². The molecule has 0 radical (unpaired) electrons. The van der Waals surface area contributed by atoms with Crippen LogP contribution < -0.4 is 11.1 Å². The summed E-state index contributed by atoms with van der Waals surface area (Å²) in [7, 11) is 1.26. The zero-order valence-electron chi connectivity index (χ0n) is 22.2. The highest BCUT2D eigenvalue weighted by Crippen LogP contribution is 2.41. The molecular weight excluding hydrogens is 611 g/mol. The van der Waals surface area contributed by atoms with Crippen molar-refractivity contribution in [1.82, 2.24) is 34.8 Å². The molecule has 2 atom stereocenters. The van der Waals surface area contributed by atoms with Crippen LogP contribution in [0.1, 0.15) is 41.8 Å². The number of carboxylic acids is 2. The van der Waals surface area contributed by atoms with E-state index in [1.54, 1.807) is 6.07 Å². The topological polar surface area (TPSA) is 228 Å². The number of nitrogens with one attached hydrogen (secondary N) is 1. The van der Waals surface area contributed by atoms with Gasteiger partial charge in [0.2, 0.25) is 0 Å². The monoisotopic (exact) mass is 633 g/mol. The second kappa shape index (κ2) is 11.6. The quantitative estimate of drug-likeness (QED) is 0.0799. The van der Waals surface area contributed by atoms with Crippen LogP contribution in [0.3, 0.4) is 0 Å². The smallest absolute Gasteiger partial charge is 0.375 e. The summed E-state index contributed by atoms with van der Waals surface area (Å²) in [5.74, 6) is -3.77. The van der Waals surface area contributed by atoms with Crippen LogP contribution in [0.4, 0.5) is 5.13 Å². The lowest BCUT2D eigenvalue weighted by molar-refractivity contribution is -0.150. The van der Waals surface area contributed by atoms with Crippen LogP contribution in [0, 0.1) is 0 Å². The molecule has 3 aromatic heterocycles. The average molecular weight is 634 g/mol. The van der Waals surface area contributed by atoms with Crippen LogP contribution >= 0.6 is 34.9 Å². The predicted molar refractivity (Wildman–Crippen MR) is 152 cm³/mol. The van der Waals surface area contributed by atoms with E-state index in [0.717, 1.165) is 16.2 Å². The van der Waals surface area contributed by atoms with Crippen LogP contribution in [-0.4, -0.2) is 99.2 Å². The maximum atomic E-state index is 13.2. The number of aromatic nitrogens is 5. The molecule has 0 saturated carbocycles. The molecule has 0 unspecified atom stereocenters. The number of rotatable bonds is 10. The Kier molecular flexibility index (Phi) is 8.06. The van der Waals surface area contributed by atoms with Crippen molar-refractivity contribution in [2.75, 3.05) is 24.3 Å². The fourth-order valence-corrected chi connectivity index (χ4v) is 7.24. The zero-order chi connectivity index (χ0) is 30.3. The van der Waals surface area contributed by atoms with E-state index in [9.17, 15) is 29.4 Å². The number of nitrogens with zero attached hydrogens (tertiary/aromatic N) is 7. The van der Waals surface area contributed by atoms with Gasteiger partial charge in [-0.2, -0.15) is 9.50 Å². The first-order valence-electron chi connectivity index (χ1n) is 12.2. The fraction of sp³-hybridized carbons (Fsp3) is 0.348. The second-order valence-corrected chi connectivity index (χ2v) is 12.2. The second-order valence-electron chi connectivity index (χ2n) is 9.23. The highest BCUT2D eigenvalue weighted by molar-refractivity contribution is 8.01. The summed E-state index contributed by atoms with van der Waals surface area (Å²) in [6, 6.07) is 0.750. The van der Waals surface area contributed by atoms with Gasteiger partial charge in [0, 0.05) is 22.6 Å². The molecular formula is C23H23N9O7S3. The molecule has 2 amide bonds. The Morgan fingerprint density at radius 1 is 1.26 bits per heavy atom. The Labute approximate surface area is 249 Å². The first-order valence-corrected chi connectivity index (χ1v) is 15.1. The van der Waals surface area contributed by atoms with Gasteiger partial charge in [-0.3, -0.25) is 14.5 Å². The summed E-state index contributed by atoms with van der Waals surface area (Å²) in [6.45, 7) is 3.84. The van der Waals surface area contributed by atoms with E-state index in [-0.39, 0.29) is 45.4 Å². The Bertz CT molecular complexity index is 1680. The number of oxime groups is 1. The number of thioether (sulfide) groups is 2. The van der Waals surface area contributed by atoms with E-state index < -0.39 is 41.0 Å². The summed E-state index contributed by atoms with van der Waals surface area (Å²) < 4.78 is 1.30. The SMILES string of the molecule is CON=C(C(=O)N[C@@H]1C(=O)N2C(C(=O)O)=C(CSc3cc(C(C)C)nc4nc(C(=O)O)nn34)CS[C@H]12)c1csc(N)n1. The van der Waals surface area contributed by atoms with E-state index in [1.807, 2.05) is 13.8 Å². The van der Waals surface area contributed by atoms with Crippen LogP contribution in [0.5, 0.6) is 0 Å². The van der Waals surface area contributed by atoms with Crippen LogP contribution in [-0.2, 0) is 19.2 Å². The van der Waals surface area contributed by atoms with Crippen LogP contribution in [0.25, 0.3) is 5.78 Å². The summed E-state index contributed by atoms with van der Waals surface area (Å²) in [6.07, 6.45) is 0. The number of amides is 2. The standard InChI is InChI=1S/C23H23N9O7S3/c1-8(2)10-4-12(32-23(26-10)28-16(29-32)21(37)38)40-5-9-6-41-19-14(18(34)31(19)15(9)20(35)36)27-17(33)13(30-39-3)11-7-42-22(24)25-11/h4,7-8,14,19H,5-6H2,1-3H3,(H2,24,25)(H,27,33)(H,35,36)(H,37,38)/t14-,19-/m1/s1. The number of carboxylic acid groups (broad SMARTS) is 2. The minimum atomic E-state index is -1.30. The molecule has 220 valence electrons. The Morgan fingerprint density at radius 3 is 2.64 bits per heavy atom. The van der Waals surface area contributed by atoms with Gasteiger partial charge < -0.3 is 26.1 Å². The van der Waals surface area contributed by atoms with E-state index in [2.05, 4.69) is 30.5 Å². The van der Waals surface area contributed by atoms with E-state index in [4.69, 9.17) is 10.6 Å². The molecule has 0 aliphatic carbocycles. The summed E-state index contributed by atoms with van der Waals surface area (Å²) in [5.41, 5.74) is 6.63. The first kappa shape index (κ1) is 29.3. The van der Waals surface area contributed by atoms with Crippen molar-refractivity contribution in [3.05, 3.63) is 39.9 Å². The summed E-state index contributed by atoms with van der Waals surface area (Å²) in [5, 5.41) is 31.3. The number of β-lactam (4-membered cyclic amide) rings is 1. The minimum absolute atomic E-state index is 0.00675. The molecule has 0 bridgehead atoms. The number of carbonyl (C=O) groups is 4. The molecule has 1 saturated heterocycles. The van der Waals surface area contributed by atoms with Gasteiger partial charge in [-0.05, 0) is 17.6 Å². The van der Waals surface area contributed by atoms with E-state index >= 15 is 0 Å². The lowest BCUT2D eigenvalue weighted by atomic mass is 10.0. The third kappa shape index (κ3) is 5.37. The number of aromatic carboxylic acids is 1. The number of aliphatic carboxylic acids is 1. The van der Waals surface area contributed by atoms with Gasteiger partial charge in [-0.1, -0.05) is 19.0 Å². The number of anilines is 1. The van der Waals surface area contributed by atoms with Crippen LogP contribution in [0.2, 0.25) is 0 Å². The number of hydrogen-bond acceptors (Lipinski definition) is 14. The maximum Gasteiger partial charge on any atom is 0.375 e. The summed E-state index contributed by atoms with van der Waals surface area (Å²) >= 11 is 3.63. The van der Waals surface area contributed by atoms with Crippen LogP contribution in [0.15, 0.2) is 32.9 Å². The molecule has 5 heterocycles. The molecule has 1 fully saturated rings. The Balaban J connectivity index is 1.37. The largest absolute Gasteiger partial charge is 0.477 e. The van der Waals surface area contributed by atoms with Crippen molar-refractivity contribution < 1.29 is 34.2 Å². The number of nitrogen functional groups attached to an aromatic ring is 1. The number of hydrogen-bond donors (Lipinski definition) is 4. The normalized spacial score (nSPS) is 18.7. The third-order valence-electron chi connectivity index (χ3n) is 6.18. The molecule has 0 aromatic carbocycles. The van der Waals surface area contributed by atoms with Crippen molar-refractivity contribution in [2.24, 2.45) is 5.16 Å². The molecule has 2 aliphatic rings. The third-order valence-corrected chi connectivity index (χ3v) is 9.27. The van der Waals surface area contributed by atoms with Gasteiger partial charge >= 0.3 is 11.9 Å². The van der Waals surface area contributed by atoms with Gasteiger partial charge in [0.15, 0.2) is 10.8 Å². The number of fused-ring (bicyclic) bond motifs is 2. The van der Waals surface area contributed by atoms with Crippen molar-refractivity contribution in [3.8, 4) is 0 Å². The predicted octanol–water partition coefficient (Wildman–Crippen LogP) is 0.866. The lowest BCUT2D eigenvalue weighted by Gasteiger charge is -2.49. The number of carbonyl (C=O) groups excluding carboxylic acids is 2. The van der Waals surface area contributed by atoms with Crippen molar-refractivity contribution in [2.45, 2.75) is 36.2 Å². The van der Waals surface area contributed by atoms with Gasteiger partial charge in [0.05, 0.1) is 0 Å². The highest BCUT2D eigenvalue weighted by atomic mass is 32.2. The van der Waals surface area contributed by atoms with E-state index in [0.29, 0.717) is 16.3 Å². The lowest BCUT2D eigenvalue weighted by Crippen LogP contribution is -2.71. The molecule has 3 aromatic rings. The molecule has 42 heavy (non-hydrogen) atoms. The first-order chi connectivity index (χ1) is 20.0. The minimum Gasteiger partial charge on any atom is -0.477 e. The van der Waals surface area contributed by atoms with Gasteiger partial charge in [-0.25, -0.2) is 19.6 Å². The highest BCUT2D eigenvalue weighted by Gasteiger charge is 2.54. The van der Waals surface area contributed by atoms with Crippen molar-refractivity contribution >= 4 is 75.2 Å². The molecule has 19 heteroatoms. The number of nitrogens with two attached hydrogens (primary N) is 1. The maximum absolute atomic E-state index is 13.2. The zero-order valence-corrected chi connectivity index (χ0v) is 24.6. The molecule has 16 nitrogen and oxygen atoms in total.